The van der Waals surface area contributed by atoms with Crippen LogP contribution in [0.1, 0.15) is 72.6 Å². The van der Waals surface area contributed by atoms with Gasteiger partial charge in [0, 0.05) is 0 Å². The smallest absolute Gasteiger partial charge is 0.0908 e. The van der Waals surface area contributed by atoms with Crippen molar-refractivity contribution in [2.75, 3.05) is 12.5 Å². The monoisotopic (exact) mass is 306 g/mol. The minimum atomic E-state index is -0.534. The molecule has 0 rings (SSSR count). The molecule has 0 aliphatic rings. The average Bonchev–Trinajstić information content (AvgIpc) is 2.43. The van der Waals surface area contributed by atoms with E-state index in [1.165, 1.54) is 32.1 Å². The second-order valence-corrected chi connectivity index (χ2v) is 6.70. The zero-order chi connectivity index (χ0) is 15.4. The van der Waals surface area contributed by atoms with Crippen LogP contribution in [0.3, 0.4) is 0 Å². The Labute approximate surface area is 131 Å². The number of unbranched alkanes of at least 4 members (excludes halogenated alkanes) is 1. The summed E-state index contributed by atoms with van der Waals surface area (Å²) in [7, 11) is 0. The molecule has 0 aromatic heterocycles. The molecule has 0 aliphatic heterocycles. The summed E-state index contributed by atoms with van der Waals surface area (Å²) >= 11 is 5.62. The molecule has 0 fully saturated rings. The van der Waals surface area contributed by atoms with E-state index in [-0.39, 0.29) is 12.0 Å². The van der Waals surface area contributed by atoms with Gasteiger partial charge in [0.15, 0.2) is 0 Å². The van der Waals surface area contributed by atoms with Crippen molar-refractivity contribution in [2.45, 2.75) is 84.8 Å². The van der Waals surface area contributed by atoms with Crippen LogP contribution in [0.2, 0.25) is 0 Å². The minimum absolute atomic E-state index is 0.252. The minimum Gasteiger partial charge on any atom is -0.389 e. The van der Waals surface area contributed by atoms with Crippen molar-refractivity contribution in [3.05, 3.63) is 0 Å². The Hall–Kier alpha value is 0.210. The van der Waals surface area contributed by atoms with Crippen LogP contribution in [-0.4, -0.2) is 29.8 Å². The summed E-state index contributed by atoms with van der Waals surface area (Å²) in [4.78, 5) is 0. The standard InChI is InChI=1S/C17H35ClO2/c1-5-7-8-15(6-2)9-10-17(11-14(3)4)20-13-16(19)12-18/h14-17,19H,5-13H2,1-4H3/t15-,16-,17-/m1/s1. The van der Waals surface area contributed by atoms with Gasteiger partial charge in [0.1, 0.15) is 0 Å². The number of aliphatic hydroxyl groups is 1. The second kappa shape index (κ2) is 12.9. The highest BCUT2D eigenvalue weighted by molar-refractivity contribution is 6.18. The third-order valence-corrected chi connectivity index (χ3v) is 4.23. The zero-order valence-electron chi connectivity index (χ0n) is 13.9. The molecule has 0 unspecified atom stereocenters. The third kappa shape index (κ3) is 10.9. The van der Waals surface area contributed by atoms with E-state index in [1.807, 2.05) is 0 Å². The highest BCUT2D eigenvalue weighted by Crippen LogP contribution is 2.22. The Bertz CT molecular complexity index is 209. The van der Waals surface area contributed by atoms with Crippen LogP contribution < -0.4 is 0 Å². The fourth-order valence-corrected chi connectivity index (χ4v) is 2.64. The van der Waals surface area contributed by atoms with Crippen molar-refractivity contribution in [2.24, 2.45) is 11.8 Å². The molecular weight excluding hydrogens is 272 g/mol. The molecule has 2 nitrogen and oxygen atoms in total. The summed E-state index contributed by atoms with van der Waals surface area (Å²) in [5, 5.41) is 9.52. The van der Waals surface area contributed by atoms with Crippen LogP contribution in [0.4, 0.5) is 0 Å². The summed E-state index contributed by atoms with van der Waals surface area (Å²) in [6.07, 6.45) is 8.37. The van der Waals surface area contributed by atoms with Crippen LogP contribution in [0.25, 0.3) is 0 Å². The van der Waals surface area contributed by atoms with E-state index in [0.29, 0.717) is 12.5 Å². The SMILES string of the molecule is CCCC[C@@H](CC)CC[C@H](CC(C)C)OC[C@H](O)CCl. The molecule has 3 atom stereocenters. The number of ether oxygens (including phenoxy) is 1. The Morgan fingerprint density at radius 1 is 1.10 bits per heavy atom. The number of hydrogen-bond donors (Lipinski definition) is 1. The molecule has 3 heteroatoms. The first-order valence-corrected chi connectivity index (χ1v) is 8.92. The number of hydrogen-bond acceptors (Lipinski definition) is 2. The van der Waals surface area contributed by atoms with Gasteiger partial charge in [-0.05, 0) is 31.1 Å². The largest absolute Gasteiger partial charge is 0.389 e. The van der Waals surface area contributed by atoms with E-state index < -0.39 is 6.10 Å². The maximum atomic E-state index is 9.52. The highest BCUT2D eigenvalue weighted by Gasteiger charge is 2.16. The van der Waals surface area contributed by atoms with Gasteiger partial charge in [-0.2, -0.15) is 0 Å². The lowest BCUT2D eigenvalue weighted by Crippen LogP contribution is -2.24. The number of halogens is 1. The molecule has 0 spiro atoms. The van der Waals surface area contributed by atoms with Crippen molar-refractivity contribution in [3.63, 3.8) is 0 Å². The molecule has 0 saturated carbocycles. The van der Waals surface area contributed by atoms with Gasteiger partial charge >= 0.3 is 0 Å². The van der Waals surface area contributed by atoms with Crippen molar-refractivity contribution in [3.8, 4) is 0 Å². The van der Waals surface area contributed by atoms with E-state index in [1.54, 1.807) is 0 Å². The van der Waals surface area contributed by atoms with Gasteiger partial charge in [-0.25, -0.2) is 0 Å². The molecule has 0 aromatic carbocycles. The predicted molar refractivity (Wildman–Crippen MR) is 88.5 cm³/mol. The molecule has 0 amide bonds. The summed E-state index contributed by atoms with van der Waals surface area (Å²) < 4.78 is 5.87. The predicted octanol–water partition coefficient (Wildman–Crippen LogP) is 5.01. The van der Waals surface area contributed by atoms with Crippen molar-refractivity contribution < 1.29 is 9.84 Å². The van der Waals surface area contributed by atoms with Gasteiger partial charge in [-0.15, -0.1) is 11.6 Å². The molecule has 1 N–H and O–H groups in total. The molecule has 122 valence electrons. The van der Waals surface area contributed by atoms with E-state index in [9.17, 15) is 5.11 Å². The third-order valence-electron chi connectivity index (χ3n) is 3.88. The van der Waals surface area contributed by atoms with Crippen LogP contribution in [0.15, 0.2) is 0 Å². The van der Waals surface area contributed by atoms with Gasteiger partial charge in [0.05, 0.1) is 24.7 Å². The van der Waals surface area contributed by atoms with Gasteiger partial charge in [0.2, 0.25) is 0 Å². The lowest BCUT2D eigenvalue weighted by atomic mass is 9.91. The molecule has 0 saturated heterocycles. The van der Waals surface area contributed by atoms with Crippen LogP contribution in [0, 0.1) is 11.8 Å². The molecular formula is C17H35ClO2. The van der Waals surface area contributed by atoms with Crippen LogP contribution >= 0.6 is 11.6 Å². The lowest BCUT2D eigenvalue weighted by molar-refractivity contribution is -0.0164. The van der Waals surface area contributed by atoms with Crippen molar-refractivity contribution in [1.82, 2.24) is 0 Å². The summed E-state index contributed by atoms with van der Waals surface area (Å²) in [5.74, 6) is 1.71. The lowest BCUT2D eigenvalue weighted by Gasteiger charge is -2.23. The zero-order valence-corrected chi connectivity index (χ0v) is 14.7. The van der Waals surface area contributed by atoms with E-state index in [2.05, 4.69) is 27.7 Å². The van der Waals surface area contributed by atoms with Crippen LogP contribution in [0.5, 0.6) is 0 Å². The molecule has 0 radical (unpaired) electrons. The van der Waals surface area contributed by atoms with Gasteiger partial charge in [-0.1, -0.05) is 53.4 Å². The van der Waals surface area contributed by atoms with E-state index >= 15 is 0 Å². The Morgan fingerprint density at radius 3 is 2.30 bits per heavy atom. The number of rotatable bonds is 13. The topological polar surface area (TPSA) is 29.5 Å². The summed E-state index contributed by atoms with van der Waals surface area (Å²) in [6.45, 7) is 9.36. The van der Waals surface area contributed by atoms with Crippen molar-refractivity contribution >= 4 is 11.6 Å². The molecule has 0 bridgehead atoms. The fraction of sp³-hybridized carbons (Fsp3) is 1.00. The van der Waals surface area contributed by atoms with E-state index in [0.717, 1.165) is 18.8 Å². The summed E-state index contributed by atoms with van der Waals surface area (Å²) in [6, 6.07) is 0. The average molecular weight is 307 g/mol. The molecule has 0 aliphatic carbocycles. The Kier molecular flexibility index (Phi) is 13.0. The maximum Gasteiger partial charge on any atom is 0.0908 e. The van der Waals surface area contributed by atoms with E-state index in [4.69, 9.17) is 16.3 Å². The van der Waals surface area contributed by atoms with Gasteiger partial charge in [-0.3, -0.25) is 0 Å². The normalized spacial score (nSPS) is 16.4. The Balaban J connectivity index is 4.12. The second-order valence-electron chi connectivity index (χ2n) is 6.39. The highest BCUT2D eigenvalue weighted by atomic mass is 35.5. The van der Waals surface area contributed by atoms with Crippen molar-refractivity contribution in [1.29, 1.82) is 0 Å². The number of alkyl halides is 1. The maximum absolute atomic E-state index is 9.52. The van der Waals surface area contributed by atoms with Gasteiger partial charge in [0.25, 0.3) is 0 Å². The first-order chi connectivity index (χ1) is 9.53. The first-order valence-electron chi connectivity index (χ1n) is 8.38. The quantitative estimate of drug-likeness (QED) is 0.484. The van der Waals surface area contributed by atoms with Gasteiger partial charge < -0.3 is 9.84 Å². The number of aliphatic hydroxyl groups excluding tert-OH is 1. The fourth-order valence-electron chi connectivity index (χ4n) is 2.55. The van der Waals surface area contributed by atoms with Crippen LogP contribution in [-0.2, 0) is 4.74 Å². The summed E-state index contributed by atoms with van der Waals surface area (Å²) in [5.41, 5.74) is 0. The molecule has 0 heterocycles. The Morgan fingerprint density at radius 2 is 1.80 bits per heavy atom. The first kappa shape index (κ1) is 20.2. The molecule has 0 aromatic rings. The molecule has 20 heavy (non-hydrogen) atoms.